The van der Waals surface area contributed by atoms with Crippen molar-refractivity contribution >= 4 is 23.2 Å². The zero-order valence-electron chi connectivity index (χ0n) is 20.8. The second kappa shape index (κ2) is 9.89. The van der Waals surface area contributed by atoms with Gasteiger partial charge in [-0.05, 0) is 46.7 Å². The number of carbonyl (C=O) groups is 1. The van der Waals surface area contributed by atoms with Crippen molar-refractivity contribution in [3.8, 4) is 0 Å². The van der Waals surface area contributed by atoms with Gasteiger partial charge in [-0.3, -0.25) is 9.69 Å². The van der Waals surface area contributed by atoms with Gasteiger partial charge in [-0.2, -0.15) is 4.68 Å². The van der Waals surface area contributed by atoms with Crippen LogP contribution in [0.1, 0.15) is 22.7 Å². The molecule has 3 aromatic carbocycles. The van der Waals surface area contributed by atoms with Gasteiger partial charge >= 0.3 is 0 Å². The van der Waals surface area contributed by atoms with Crippen molar-refractivity contribution in [1.82, 2.24) is 25.1 Å². The van der Waals surface area contributed by atoms with Crippen LogP contribution in [-0.4, -0.2) is 63.7 Å². The number of piperazine rings is 1. The molecule has 1 atom stereocenters. The quantitative estimate of drug-likeness (QED) is 0.423. The fourth-order valence-electron chi connectivity index (χ4n) is 5.07. The average Bonchev–Trinajstić information content (AvgIpc) is 3.45. The normalized spacial score (nSPS) is 17.4. The molecule has 1 fully saturated rings. The van der Waals surface area contributed by atoms with E-state index >= 15 is 0 Å². The van der Waals surface area contributed by atoms with Crippen LogP contribution in [0.25, 0.3) is 5.70 Å². The Morgan fingerprint density at radius 1 is 0.865 bits per heavy atom. The first kappa shape index (κ1) is 23.0. The first-order valence-electron chi connectivity index (χ1n) is 12.6. The Morgan fingerprint density at radius 3 is 2.24 bits per heavy atom. The van der Waals surface area contributed by atoms with Crippen LogP contribution in [0.4, 0.5) is 11.6 Å². The highest BCUT2D eigenvalue weighted by molar-refractivity contribution is 5.89. The SMILES string of the molecule is Cc1ccc(C2=C[C@@H](c3ccccc3)n3nnnc3N2CC(=O)N2CCN(c3ccccc3)CC2)cc1. The Bertz CT molecular complexity index is 1390. The number of nitrogens with zero attached hydrogens (tertiary/aromatic N) is 7. The lowest BCUT2D eigenvalue weighted by molar-refractivity contribution is -0.129. The average molecular weight is 492 g/mol. The second-order valence-corrected chi connectivity index (χ2v) is 9.49. The molecule has 8 nitrogen and oxygen atoms in total. The summed E-state index contributed by atoms with van der Waals surface area (Å²) in [7, 11) is 0. The largest absolute Gasteiger partial charge is 0.368 e. The number of rotatable bonds is 5. The van der Waals surface area contributed by atoms with Crippen LogP contribution in [0.3, 0.4) is 0 Å². The number of anilines is 2. The molecule has 0 spiro atoms. The van der Waals surface area contributed by atoms with E-state index in [1.165, 1.54) is 11.3 Å². The molecule has 0 radical (unpaired) electrons. The van der Waals surface area contributed by atoms with Crippen LogP contribution in [0.5, 0.6) is 0 Å². The maximum absolute atomic E-state index is 13.6. The van der Waals surface area contributed by atoms with Crippen molar-refractivity contribution in [2.75, 3.05) is 42.5 Å². The van der Waals surface area contributed by atoms with Crippen molar-refractivity contribution in [1.29, 1.82) is 0 Å². The molecule has 2 aliphatic rings. The number of para-hydroxylation sites is 1. The minimum atomic E-state index is -0.164. The summed E-state index contributed by atoms with van der Waals surface area (Å²) in [5.41, 5.74) is 5.43. The molecule has 37 heavy (non-hydrogen) atoms. The summed E-state index contributed by atoms with van der Waals surface area (Å²) >= 11 is 0. The molecule has 6 rings (SSSR count). The third-order valence-electron chi connectivity index (χ3n) is 7.12. The van der Waals surface area contributed by atoms with Crippen molar-refractivity contribution < 1.29 is 4.79 Å². The number of amides is 1. The lowest BCUT2D eigenvalue weighted by atomic mass is 10.00. The van der Waals surface area contributed by atoms with E-state index in [2.05, 4.69) is 94.1 Å². The van der Waals surface area contributed by atoms with Crippen LogP contribution >= 0.6 is 0 Å². The molecule has 0 bridgehead atoms. The van der Waals surface area contributed by atoms with Gasteiger partial charge in [0.2, 0.25) is 5.91 Å². The summed E-state index contributed by atoms with van der Waals surface area (Å²) in [6.45, 7) is 5.23. The molecule has 4 aromatic rings. The lowest BCUT2D eigenvalue weighted by Gasteiger charge is -2.38. The number of allylic oxidation sites excluding steroid dienone is 1. The maximum atomic E-state index is 13.6. The third kappa shape index (κ3) is 4.58. The summed E-state index contributed by atoms with van der Waals surface area (Å²) in [6, 6.07) is 28.8. The van der Waals surface area contributed by atoms with Gasteiger partial charge < -0.3 is 9.80 Å². The summed E-state index contributed by atoms with van der Waals surface area (Å²) in [5.74, 6) is 0.640. The molecule has 1 saturated heterocycles. The highest BCUT2D eigenvalue weighted by atomic mass is 16.2. The first-order chi connectivity index (χ1) is 18.2. The molecule has 0 unspecified atom stereocenters. The Labute approximate surface area is 216 Å². The van der Waals surface area contributed by atoms with Gasteiger partial charge in [-0.1, -0.05) is 83.5 Å². The minimum Gasteiger partial charge on any atom is -0.368 e. The van der Waals surface area contributed by atoms with Gasteiger partial charge in [0.15, 0.2) is 0 Å². The van der Waals surface area contributed by atoms with Gasteiger partial charge in [-0.25, -0.2) is 0 Å². The van der Waals surface area contributed by atoms with Gasteiger partial charge in [0.05, 0.1) is 5.70 Å². The van der Waals surface area contributed by atoms with E-state index in [9.17, 15) is 4.79 Å². The Balaban J connectivity index is 1.28. The molecular weight excluding hydrogens is 462 g/mol. The number of hydrogen-bond donors (Lipinski definition) is 0. The number of hydrogen-bond acceptors (Lipinski definition) is 6. The van der Waals surface area contributed by atoms with Gasteiger partial charge in [0.25, 0.3) is 5.95 Å². The van der Waals surface area contributed by atoms with E-state index in [1.807, 2.05) is 34.1 Å². The van der Waals surface area contributed by atoms with Crippen molar-refractivity contribution in [3.05, 3.63) is 108 Å². The molecular formula is C29H29N7O. The fourth-order valence-corrected chi connectivity index (χ4v) is 5.07. The number of carbonyl (C=O) groups excluding carboxylic acids is 1. The molecule has 3 heterocycles. The first-order valence-corrected chi connectivity index (χ1v) is 12.6. The Morgan fingerprint density at radius 2 is 1.54 bits per heavy atom. The molecule has 0 saturated carbocycles. The monoisotopic (exact) mass is 491 g/mol. The van der Waals surface area contributed by atoms with E-state index in [4.69, 9.17) is 0 Å². The topological polar surface area (TPSA) is 70.4 Å². The van der Waals surface area contributed by atoms with Crippen LogP contribution in [0.2, 0.25) is 0 Å². The van der Waals surface area contributed by atoms with E-state index < -0.39 is 0 Å². The standard InChI is InChI=1S/C29H29N7O/c1-22-12-14-24(15-13-22)26-20-27(23-8-4-2-5-9-23)36-29(30-31-32-36)35(26)21-28(37)34-18-16-33(17-19-34)25-10-6-3-7-11-25/h2-15,20,27H,16-19,21H2,1H3/t27-/m0/s1. The zero-order chi connectivity index (χ0) is 25.2. The van der Waals surface area contributed by atoms with Crippen LogP contribution in [-0.2, 0) is 4.79 Å². The Hall–Kier alpha value is -4.46. The van der Waals surface area contributed by atoms with Gasteiger partial charge in [0.1, 0.15) is 12.6 Å². The van der Waals surface area contributed by atoms with E-state index in [-0.39, 0.29) is 18.5 Å². The van der Waals surface area contributed by atoms with Crippen molar-refractivity contribution in [2.45, 2.75) is 13.0 Å². The van der Waals surface area contributed by atoms with Crippen molar-refractivity contribution in [2.24, 2.45) is 0 Å². The second-order valence-electron chi connectivity index (χ2n) is 9.49. The van der Waals surface area contributed by atoms with Crippen molar-refractivity contribution in [3.63, 3.8) is 0 Å². The molecule has 0 aliphatic carbocycles. The molecule has 186 valence electrons. The van der Waals surface area contributed by atoms with E-state index in [0.29, 0.717) is 19.0 Å². The molecule has 2 aliphatic heterocycles. The third-order valence-corrected chi connectivity index (χ3v) is 7.12. The molecule has 8 heteroatoms. The summed E-state index contributed by atoms with van der Waals surface area (Å²) in [6.07, 6.45) is 2.16. The maximum Gasteiger partial charge on any atom is 0.251 e. The molecule has 1 amide bonds. The molecule has 1 aromatic heterocycles. The number of fused-ring (bicyclic) bond motifs is 1. The molecule has 0 N–H and O–H groups in total. The number of benzene rings is 3. The fraction of sp³-hybridized carbons (Fsp3) is 0.241. The lowest BCUT2D eigenvalue weighted by Crippen LogP contribution is -2.51. The number of aromatic nitrogens is 4. The number of aryl methyl sites for hydroxylation is 1. The van der Waals surface area contributed by atoms with Crippen LogP contribution < -0.4 is 9.80 Å². The predicted octanol–water partition coefficient (Wildman–Crippen LogP) is 3.78. The van der Waals surface area contributed by atoms with Crippen LogP contribution in [0.15, 0.2) is 91.0 Å². The van der Waals surface area contributed by atoms with Gasteiger partial charge in [0, 0.05) is 31.9 Å². The highest BCUT2D eigenvalue weighted by Gasteiger charge is 2.33. The summed E-state index contributed by atoms with van der Waals surface area (Å²) in [5, 5.41) is 12.7. The number of tetrazole rings is 1. The highest BCUT2D eigenvalue weighted by Crippen LogP contribution is 2.36. The van der Waals surface area contributed by atoms with Gasteiger partial charge in [-0.15, -0.1) is 0 Å². The minimum absolute atomic E-state index is 0.0680. The summed E-state index contributed by atoms with van der Waals surface area (Å²) in [4.78, 5) is 19.8. The van der Waals surface area contributed by atoms with Crippen LogP contribution in [0, 0.1) is 6.92 Å². The summed E-state index contributed by atoms with van der Waals surface area (Å²) < 4.78 is 1.80. The Kier molecular flexibility index (Phi) is 6.14. The smallest absolute Gasteiger partial charge is 0.251 e. The predicted molar refractivity (Wildman–Crippen MR) is 144 cm³/mol. The van der Waals surface area contributed by atoms with E-state index in [1.54, 1.807) is 4.68 Å². The zero-order valence-corrected chi connectivity index (χ0v) is 20.8. The van der Waals surface area contributed by atoms with E-state index in [0.717, 1.165) is 29.9 Å².